The van der Waals surface area contributed by atoms with Gasteiger partial charge in [-0.1, -0.05) is 77.9 Å². The lowest BCUT2D eigenvalue weighted by Crippen LogP contribution is -2.33. The van der Waals surface area contributed by atoms with E-state index in [4.69, 9.17) is 12.2 Å². The van der Waals surface area contributed by atoms with E-state index in [1.807, 2.05) is 18.2 Å². The van der Waals surface area contributed by atoms with Gasteiger partial charge in [-0.15, -0.1) is 0 Å². The molecule has 3 heteroatoms. The van der Waals surface area contributed by atoms with Crippen LogP contribution < -0.4 is 10.6 Å². The topological polar surface area (TPSA) is 24.1 Å². The number of nitrogens with one attached hydrogen (secondary N) is 2. The lowest BCUT2D eigenvalue weighted by molar-refractivity contribution is 0.768. The number of rotatable bonds is 4. The van der Waals surface area contributed by atoms with Crippen molar-refractivity contribution in [1.82, 2.24) is 5.32 Å². The fourth-order valence-corrected chi connectivity index (χ4v) is 2.93. The second-order valence-corrected chi connectivity index (χ2v) is 6.63. The first-order chi connectivity index (χ1) is 12.1. The van der Waals surface area contributed by atoms with Crippen molar-refractivity contribution >= 4 is 23.0 Å². The molecule has 2 N–H and O–H groups in total. The minimum absolute atomic E-state index is 0.00671. The largest absolute Gasteiger partial charge is 0.352 e. The van der Waals surface area contributed by atoms with Gasteiger partial charge in [0.2, 0.25) is 0 Å². The lowest BCUT2D eigenvalue weighted by atomic mass is 9.98. The van der Waals surface area contributed by atoms with Crippen LogP contribution in [0.15, 0.2) is 78.9 Å². The number of hydrogen-bond acceptors (Lipinski definition) is 1. The molecule has 0 saturated heterocycles. The summed E-state index contributed by atoms with van der Waals surface area (Å²) in [6, 6.07) is 27.1. The van der Waals surface area contributed by atoms with Gasteiger partial charge in [0.1, 0.15) is 0 Å². The van der Waals surface area contributed by atoms with Gasteiger partial charge in [-0.05, 0) is 49.3 Å². The molecular formula is C22H22N2S. The number of aryl methyl sites for hydroxylation is 2. The molecule has 0 aliphatic heterocycles. The molecule has 3 rings (SSSR count). The maximum Gasteiger partial charge on any atom is 0.171 e. The van der Waals surface area contributed by atoms with Crippen LogP contribution in [0.1, 0.15) is 28.3 Å². The zero-order valence-corrected chi connectivity index (χ0v) is 15.3. The van der Waals surface area contributed by atoms with Crippen molar-refractivity contribution in [3.63, 3.8) is 0 Å². The number of benzene rings is 3. The molecule has 3 aromatic rings. The van der Waals surface area contributed by atoms with Crippen LogP contribution in [0, 0.1) is 13.8 Å². The SMILES string of the molecule is Cc1ccc(NC(=S)N[C@@H](c2ccccc2)c2ccc(C)cc2)cc1. The Kier molecular flexibility index (Phi) is 5.46. The molecule has 2 nitrogen and oxygen atoms in total. The molecule has 0 aliphatic rings. The Balaban J connectivity index is 1.81. The molecule has 0 spiro atoms. The average Bonchev–Trinajstić information content (AvgIpc) is 2.63. The molecule has 0 radical (unpaired) electrons. The van der Waals surface area contributed by atoms with Crippen molar-refractivity contribution in [1.29, 1.82) is 0 Å². The average molecular weight is 346 g/mol. The Morgan fingerprint density at radius 2 is 1.24 bits per heavy atom. The third-order valence-corrected chi connectivity index (χ3v) is 4.35. The van der Waals surface area contributed by atoms with Crippen molar-refractivity contribution in [3.8, 4) is 0 Å². The summed E-state index contributed by atoms with van der Waals surface area (Å²) in [7, 11) is 0. The van der Waals surface area contributed by atoms with Gasteiger partial charge in [-0.2, -0.15) is 0 Å². The van der Waals surface area contributed by atoms with Crippen LogP contribution >= 0.6 is 12.2 Å². The molecule has 3 aromatic carbocycles. The molecule has 0 amide bonds. The first-order valence-electron chi connectivity index (χ1n) is 8.37. The van der Waals surface area contributed by atoms with E-state index in [9.17, 15) is 0 Å². The van der Waals surface area contributed by atoms with Gasteiger partial charge in [0.05, 0.1) is 6.04 Å². The first kappa shape index (κ1) is 17.2. The van der Waals surface area contributed by atoms with Gasteiger partial charge in [-0.3, -0.25) is 0 Å². The highest BCUT2D eigenvalue weighted by atomic mass is 32.1. The fourth-order valence-electron chi connectivity index (χ4n) is 2.70. The summed E-state index contributed by atoms with van der Waals surface area (Å²) < 4.78 is 0. The highest BCUT2D eigenvalue weighted by Crippen LogP contribution is 2.22. The molecule has 0 fully saturated rings. The van der Waals surface area contributed by atoms with Crippen molar-refractivity contribution in [2.24, 2.45) is 0 Å². The van der Waals surface area contributed by atoms with Crippen molar-refractivity contribution in [2.45, 2.75) is 19.9 Å². The summed E-state index contributed by atoms with van der Waals surface area (Å²) in [5.41, 5.74) is 5.82. The molecule has 0 unspecified atom stereocenters. The molecule has 0 aromatic heterocycles. The molecule has 0 aliphatic carbocycles. The molecule has 126 valence electrons. The Bertz CT molecular complexity index is 824. The normalized spacial score (nSPS) is 11.6. The number of thiocarbonyl (C=S) groups is 1. The number of hydrogen-bond donors (Lipinski definition) is 2. The smallest absolute Gasteiger partial charge is 0.171 e. The highest BCUT2D eigenvalue weighted by molar-refractivity contribution is 7.80. The Morgan fingerprint density at radius 1 is 0.720 bits per heavy atom. The van der Waals surface area contributed by atoms with E-state index in [1.54, 1.807) is 0 Å². The monoisotopic (exact) mass is 346 g/mol. The van der Waals surface area contributed by atoms with E-state index in [1.165, 1.54) is 22.3 Å². The third-order valence-electron chi connectivity index (χ3n) is 4.13. The highest BCUT2D eigenvalue weighted by Gasteiger charge is 2.15. The molecular weight excluding hydrogens is 324 g/mol. The van der Waals surface area contributed by atoms with E-state index < -0.39 is 0 Å². The summed E-state index contributed by atoms with van der Waals surface area (Å²) in [4.78, 5) is 0. The van der Waals surface area contributed by atoms with Crippen LogP contribution in [0.25, 0.3) is 0 Å². The molecule has 25 heavy (non-hydrogen) atoms. The van der Waals surface area contributed by atoms with E-state index in [2.05, 4.69) is 85.1 Å². The first-order valence-corrected chi connectivity index (χ1v) is 8.78. The summed E-state index contributed by atoms with van der Waals surface area (Å²) >= 11 is 5.55. The fraction of sp³-hybridized carbons (Fsp3) is 0.136. The Labute approximate surface area is 154 Å². The van der Waals surface area contributed by atoms with E-state index >= 15 is 0 Å². The van der Waals surface area contributed by atoms with Crippen molar-refractivity contribution < 1.29 is 0 Å². The van der Waals surface area contributed by atoms with Crippen LogP contribution in [-0.4, -0.2) is 5.11 Å². The predicted molar refractivity (Wildman–Crippen MR) is 110 cm³/mol. The predicted octanol–water partition coefficient (Wildman–Crippen LogP) is 5.38. The molecule has 1 atom stereocenters. The minimum Gasteiger partial charge on any atom is -0.352 e. The van der Waals surface area contributed by atoms with Crippen LogP contribution in [0.5, 0.6) is 0 Å². The van der Waals surface area contributed by atoms with Crippen molar-refractivity contribution in [2.75, 3.05) is 5.32 Å². The van der Waals surface area contributed by atoms with Gasteiger partial charge in [0, 0.05) is 5.69 Å². The Morgan fingerprint density at radius 3 is 1.84 bits per heavy atom. The summed E-state index contributed by atoms with van der Waals surface area (Å²) in [6.07, 6.45) is 0. The van der Waals surface area contributed by atoms with Gasteiger partial charge in [-0.25, -0.2) is 0 Å². The van der Waals surface area contributed by atoms with Gasteiger partial charge in [0.25, 0.3) is 0 Å². The maximum atomic E-state index is 5.55. The standard InChI is InChI=1S/C22H22N2S/c1-16-8-12-19(13-9-16)21(18-6-4-3-5-7-18)24-22(25)23-20-14-10-17(2)11-15-20/h3-15,21H,1-2H3,(H2,23,24,25)/t21-/m0/s1. The van der Waals surface area contributed by atoms with Gasteiger partial charge < -0.3 is 10.6 Å². The van der Waals surface area contributed by atoms with Gasteiger partial charge >= 0.3 is 0 Å². The molecule has 0 bridgehead atoms. The summed E-state index contributed by atoms with van der Waals surface area (Å²) in [5, 5.41) is 7.33. The van der Waals surface area contributed by atoms with Crippen molar-refractivity contribution in [3.05, 3.63) is 101 Å². The molecule has 0 saturated carbocycles. The second-order valence-electron chi connectivity index (χ2n) is 6.22. The zero-order chi connectivity index (χ0) is 17.6. The lowest BCUT2D eigenvalue weighted by Gasteiger charge is -2.22. The third kappa shape index (κ3) is 4.68. The summed E-state index contributed by atoms with van der Waals surface area (Å²) in [5.74, 6) is 0. The maximum absolute atomic E-state index is 5.55. The van der Waals surface area contributed by atoms with E-state index in [0.29, 0.717) is 5.11 Å². The minimum atomic E-state index is 0.00671. The van der Waals surface area contributed by atoms with E-state index in [-0.39, 0.29) is 6.04 Å². The van der Waals surface area contributed by atoms with Gasteiger partial charge in [0.15, 0.2) is 5.11 Å². The number of anilines is 1. The second kappa shape index (κ2) is 7.95. The van der Waals surface area contributed by atoms with E-state index in [0.717, 1.165) is 5.69 Å². The quantitative estimate of drug-likeness (QED) is 0.620. The Hall–Kier alpha value is -2.65. The molecule has 0 heterocycles. The van der Waals surface area contributed by atoms with Crippen LogP contribution in [-0.2, 0) is 0 Å². The summed E-state index contributed by atoms with van der Waals surface area (Å²) in [6.45, 7) is 4.17. The van der Waals surface area contributed by atoms with Crippen LogP contribution in [0.3, 0.4) is 0 Å². The van der Waals surface area contributed by atoms with Crippen LogP contribution in [0.4, 0.5) is 5.69 Å². The van der Waals surface area contributed by atoms with Crippen LogP contribution in [0.2, 0.25) is 0 Å². The zero-order valence-electron chi connectivity index (χ0n) is 14.5.